The normalized spacial score (nSPS) is 23.1. The van der Waals surface area contributed by atoms with Crippen LogP contribution in [0.4, 0.5) is 0 Å². The van der Waals surface area contributed by atoms with E-state index in [0.29, 0.717) is 21.0 Å². The number of likely N-dealkylation sites (tertiary alicyclic amines) is 1. The summed E-state index contributed by atoms with van der Waals surface area (Å²) in [5, 5.41) is 0. The van der Waals surface area contributed by atoms with Gasteiger partial charge in [-0.05, 0) is 0 Å². The van der Waals surface area contributed by atoms with Gasteiger partial charge in [0.1, 0.15) is 0 Å². The van der Waals surface area contributed by atoms with Crippen LogP contribution in [-0.2, 0) is 6.54 Å². The molecule has 1 heterocycles. The number of rotatable bonds is 4. The zero-order chi connectivity index (χ0) is 13.8. The van der Waals surface area contributed by atoms with E-state index < -0.39 is 0 Å². The van der Waals surface area contributed by atoms with Gasteiger partial charge in [0.2, 0.25) is 0 Å². The molecule has 0 aromatic heterocycles. The van der Waals surface area contributed by atoms with Crippen LogP contribution in [-0.4, -0.2) is 32.4 Å². The summed E-state index contributed by atoms with van der Waals surface area (Å²) in [5.74, 6) is 0. The Morgan fingerprint density at radius 2 is 1.65 bits per heavy atom. The molecule has 20 heavy (non-hydrogen) atoms. The van der Waals surface area contributed by atoms with Crippen molar-refractivity contribution in [3.63, 3.8) is 0 Å². The van der Waals surface area contributed by atoms with Crippen LogP contribution in [0.25, 0.3) is 0 Å². The second-order valence-corrected chi connectivity index (χ2v) is 8.43. The van der Waals surface area contributed by atoms with Crippen LogP contribution in [0, 0.1) is 0 Å². The van der Waals surface area contributed by atoms with Crippen molar-refractivity contribution in [1.29, 1.82) is 0 Å². The summed E-state index contributed by atoms with van der Waals surface area (Å²) in [5.41, 5.74) is 1.44. The monoisotopic (exact) mass is 331 g/mol. The van der Waals surface area contributed by atoms with E-state index in [1.807, 2.05) is 0 Å². The third-order valence-electron chi connectivity index (χ3n) is 3.94. The van der Waals surface area contributed by atoms with Crippen molar-refractivity contribution >= 4 is 19.4 Å². The van der Waals surface area contributed by atoms with Gasteiger partial charge in [0.25, 0.3) is 0 Å². The molecule has 2 aromatic rings. The van der Waals surface area contributed by atoms with Gasteiger partial charge < -0.3 is 0 Å². The molecule has 2 atom stereocenters. The average molecular weight is 330 g/mol. The Kier molecular flexibility index (Phi) is 4.57. The molecule has 0 spiro atoms. The molecular formula is C18H21NSe. The van der Waals surface area contributed by atoms with Crippen molar-refractivity contribution in [2.45, 2.75) is 30.7 Å². The molecule has 1 aliphatic rings. The van der Waals surface area contributed by atoms with Crippen molar-refractivity contribution in [3.8, 4) is 0 Å². The molecule has 0 amide bonds. The maximum atomic E-state index is 2.64. The summed E-state index contributed by atoms with van der Waals surface area (Å²) < 4.78 is 1.54. The van der Waals surface area contributed by atoms with Crippen molar-refractivity contribution in [2.24, 2.45) is 0 Å². The summed E-state index contributed by atoms with van der Waals surface area (Å²) in [6, 6.07) is 22.6. The SMILES string of the molecule is C[C@@H]1C[C@@H]([Se]c2ccccc2)CN1Cc1ccccc1. The third kappa shape index (κ3) is 3.52. The first-order chi connectivity index (χ1) is 9.81. The third-order valence-corrected chi connectivity index (χ3v) is 6.50. The van der Waals surface area contributed by atoms with Gasteiger partial charge >= 0.3 is 128 Å². The van der Waals surface area contributed by atoms with Gasteiger partial charge in [-0.2, -0.15) is 0 Å². The summed E-state index contributed by atoms with van der Waals surface area (Å²) in [4.78, 5) is 3.51. The van der Waals surface area contributed by atoms with Crippen molar-refractivity contribution in [3.05, 3.63) is 66.2 Å². The minimum atomic E-state index is 0.612. The molecule has 1 aliphatic heterocycles. The van der Waals surface area contributed by atoms with Crippen molar-refractivity contribution < 1.29 is 0 Å². The molecule has 0 aliphatic carbocycles. The van der Waals surface area contributed by atoms with Crippen LogP contribution >= 0.6 is 0 Å². The zero-order valence-corrected chi connectivity index (χ0v) is 13.6. The first-order valence-electron chi connectivity index (χ1n) is 7.31. The second kappa shape index (κ2) is 6.58. The Bertz CT molecular complexity index is 526. The van der Waals surface area contributed by atoms with Crippen LogP contribution in [0.1, 0.15) is 18.9 Å². The Labute approximate surface area is 128 Å². The average Bonchev–Trinajstić information content (AvgIpc) is 2.81. The summed E-state index contributed by atoms with van der Waals surface area (Å²) >= 11 is 0.612. The van der Waals surface area contributed by atoms with Crippen LogP contribution in [0.15, 0.2) is 60.7 Å². The van der Waals surface area contributed by atoms with Gasteiger partial charge in [-0.3, -0.25) is 0 Å². The number of nitrogens with zero attached hydrogens (tertiary/aromatic N) is 1. The predicted molar refractivity (Wildman–Crippen MR) is 86.5 cm³/mol. The van der Waals surface area contributed by atoms with Gasteiger partial charge in [0, 0.05) is 0 Å². The van der Waals surface area contributed by atoms with Crippen LogP contribution in [0.3, 0.4) is 0 Å². The molecule has 2 heteroatoms. The molecule has 2 aromatic carbocycles. The molecule has 3 rings (SSSR count). The summed E-state index contributed by atoms with van der Waals surface area (Å²) in [6.07, 6.45) is 1.35. The molecule has 0 bridgehead atoms. The maximum absolute atomic E-state index is 2.64. The van der Waals surface area contributed by atoms with Gasteiger partial charge in [0.05, 0.1) is 0 Å². The molecule has 1 nitrogen and oxygen atoms in total. The Morgan fingerprint density at radius 3 is 2.35 bits per heavy atom. The number of benzene rings is 2. The van der Waals surface area contributed by atoms with E-state index in [4.69, 9.17) is 0 Å². The van der Waals surface area contributed by atoms with Crippen LogP contribution in [0.2, 0.25) is 4.82 Å². The molecule has 0 radical (unpaired) electrons. The van der Waals surface area contributed by atoms with E-state index in [-0.39, 0.29) is 0 Å². The van der Waals surface area contributed by atoms with E-state index >= 15 is 0 Å². The van der Waals surface area contributed by atoms with Gasteiger partial charge in [0.15, 0.2) is 0 Å². The Balaban J connectivity index is 1.59. The molecule has 1 saturated heterocycles. The number of hydrogen-bond donors (Lipinski definition) is 0. The summed E-state index contributed by atoms with van der Waals surface area (Å²) in [6.45, 7) is 4.73. The van der Waals surface area contributed by atoms with E-state index in [2.05, 4.69) is 72.5 Å². The molecule has 1 fully saturated rings. The predicted octanol–water partition coefficient (Wildman–Crippen LogP) is 3.10. The van der Waals surface area contributed by atoms with E-state index in [1.165, 1.54) is 18.5 Å². The van der Waals surface area contributed by atoms with Crippen molar-refractivity contribution in [2.75, 3.05) is 6.54 Å². The van der Waals surface area contributed by atoms with E-state index in [0.717, 1.165) is 11.4 Å². The summed E-state index contributed by atoms with van der Waals surface area (Å²) in [7, 11) is 0. The Hall–Kier alpha value is -1.08. The molecule has 0 N–H and O–H groups in total. The van der Waals surface area contributed by atoms with E-state index in [1.54, 1.807) is 4.46 Å². The van der Waals surface area contributed by atoms with E-state index in [9.17, 15) is 0 Å². The van der Waals surface area contributed by atoms with Gasteiger partial charge in [-0.25, -0.2) is 0 Å². The minimum absolute atomic E-state index is 0.612. The van der Waals surface area contributed by atoms with Crippen LogP contribution in [0.5, 0.6) is 0 Å². The topological polar surface area (TPSA) is 3.24 Å². The van der Waals surface area contributed by atoms with Crippen LogP contribution < -0.4 is 4.46 Å². The standard InChI is InChI=1S/C18H21NSe/c1-15-12-18(20-17-10-6-3-7-11-17)14-19(15)13-16-8-4-2-5-9-16/h2-11,15,18H,12-14H2,1H3/t15-,18-/m1/s1. The second-order valence-electron chi connectivity index (χ2n) is 5.55. The van der Waals surface area contributed by atoms with Gasteiger partial charge in [-0.1, -0.05) is 0 Å². The Morgan fingerprint density at radius 1 is 1.00 bits per heavy atom. The molecule has 0 saturated carbocycles. The fourth-order valence-electron chi connectivity index (χ4n) is 2.86. The fraction of sp³-hybridized carbons (Fsp3) is 0.333. The molecule has 0 unspecified atom stereocenters. The molecule has 104 valence electrons. The van der Waals surface area contributed by atoms with Gasteiger partial charge in [-0.15, -0.1) is 0 Å². The quantitative estimate of drug-likeness (QED) is 0.779. The number of hydrogen-bond acceptors (Lipinski definition) is 1. The molecular weight excluding hydrogens is 309 g/mol. The van der Waals surface area contributed by atoms with Crippen molar-refractivity contribution in [1.82, 2.24) is 4.90 Å². The fourth-order valence-corrected chi connectivity index (χ4v) is 5.67. The zero-order valence-electron chi connectivity index (χ0n) is 11.9. The first kappa shape index (κ1) is 13.9. The first-order valence-corrected chi connectivity index (χ1v) is 9.15.